The summed E-state index contributed by atoms with van der Waals surface area (Å²) < 4.78 is 29.8. The third-order valence-electron chi connectivity index (χ3n) is 4.77. The van der Waals surface area contributed by atoms with Gasteiger partial charge in [0.15, 0.2) is 11.5 Å². The van der Waals surface area contributed by atoms with E-state index < -0.39 is 17.6 Å². The minimum absolute atomic E-state index is 0.120. The number of rotatable bonds is 6. The Hall–Kier alpha value is -4.33. The smallest absolute Gasteiger partial charge is 0.293 e. The van der Waals surface area contributed by atoms with E-state index in [4.69, 9.17) is 13.9 Å². The molecule has 0 aliphatic carbocycles. The third kappa shape index (κ3) is 3.98. The van der Waals surface area contributed by atoms with Crippen LogP contribution < -0.4 is 20.1 Å². The van der Waals surface area contributed by atoms with E-state index in [1.807, 2.05) is 0 Å². The van der Waals surface area contributed by atoms with Crippen LogP contribution in [-0.4, -0.2) is 26.0 Å². The lowest BCUT2D eigenvalue weighted by molar-refractivity contribution is 0.0999. The second-order valence-electron chi connectivity index (χ2n) is 6.76. The van der Waals surface area contributed by atoms with E-state index in [-0.39, 0.29) is 28.4 Å². The fourth-order valence-corrected chi connectivity index (χ4v) is 3.33. The van der Waals surface area contributed by atoms with Crippen LogP contribution in [0.15, 0.2) is 71.1 Å². The number of ether oxygens (including phenoxy) is 2. The van der Waals surface area contributed by atoms with Crippen LogP contribution in [0.2, 0.25) is 0 Å². The summed E-state index contributed by atoms with van der Waals surface area (Å²) in [6.45, 7) is 0. The van der Waals surface area contributed by atoms with Crippen LogP contribution in [0.3, 0.4) is 0 Å². The maximum absolute atomic E-state index is 13.5. The molecule has 0 fully saturated rings. The number of carbonyl (C=O) groups is 2. The van der Waals surface area contributed by atoms with Crippen molar-refractivity contribution in [3.63, 3.8) is 0 Å². The average Bonchev–Trinajstić information content (AvgIpc) is 3.17. The van der Waals surface area contributed by atoms with E-state index in [1.165, 1.54) is 32.4 Å². The molecule has 0 unspecified atom stereocenters. The predicted octanol–water partition coefficient (Wildman–Crippen LogP) is 5.09. The van der Waals surface area contributed by atoms with Crippen molar-refractivity contribution >= 4 is 34.2 Å². The van der Waals surface area contributed by atoms with Crippen LogP contribution in [0.4, 0.5) is 15.8 Å². The first kappa shape index (κ1) is 20.9. The van der Waals surface area contributed by atoms with E-state index in [0.29, 0.717) is 16.7 Å². The molecule has 1 heterocycles. The largest absolute Gasteiger partial charge is 0.493 e. The maximum Gasteiger partial charge on any atom is 0.293 e. The van der Waals surface area contributed by atoms with Crippen molar-refractivity contribution in [2.45, 2.75) is 0 Å². The molecule has 8 heteroatoms. The Morgan fingerprint density at radius 2 is 1.66 bits per heavy atom. The number of para-hydroxylation sites is 2. The van der Waals surface area contributed by atoms with Crippen molar-refractivity contribution in [3.05, 3.63) is 83.9 Å². The van der Waals surface area contributed by atoms with Gasteiger partial charge < -0.3 is 24.5 Å². The molecule has 162 valence electrons. The molecule has 0 radical (unpaired) electrons. The summed E-state index contributed by atoms with van der Waals surface area (Å²) in [4.78, 5) is 26.0. The highest BCUT2D eigenvalue weighted by molar-refractivity contribution is 6.17. The highest BCUT2D eigenvalue weighted by Crippen LogP contribution is 2.34. The van der Waals surface area contributed by atoms with Gasteiger partial charge in [0.25, 0.3) is 11.8 Å². The van der Waals surface area contributed by atoms with Crippen molar-refractivity contribution in [1.82, 2.24) is 0 Å². The molecule has 32 heavy (non-hydrogen) atoms. The van der Waals surface area contributed by atoms with Gasteiger partial charge in [0.2, 0.25) is 5.76 Å². The molecule has 2 amide bonds. The van der Waals surface area contributed by atoms with E-state index in [0.717, 1.165) is 0 Å². The fourth-order valence-electron chi connectivity index (χ4n) is 3.33. The molecule has 0 bridgehead atoms. The van der Waals surface area contributed by atoms with Crippen molar-refractivity contribution < 1.29 is 27.9 Å². The van der Waals surface area contributed by atoms with Gasteiger partial charge in [0.05, 0.1) is 19.8 Å². The van der Waals surface area contributed by atoms with Crippen LogP contribution >= 0.6 is 0 Å². The highest BCUT2D eigenvalue weighted by atomic mass is 19.1. The number of anilines is 2. The minimum Gasteiger partial charge on any atom is -0.493 e. The second-order valence-corrected chi connectivity index (χ2v) is 6.76. The molecule has 7 nitrogen and oxygen atoms in total. The summed E-state index contributed by atoms with van der Waals surface area (Å²) in [5, 5.41) is 5.87. The Kier molecular flexibility index (Phi) is 5.76. The molecule has 2 N–H and O–H groups in total. The average molecular weight is 434 g/mol. The summed E-state index contributed by atoms with van der Waals surface area (Å²) in [6, 6.07) is 17.3. The van der Waals surface area contributed by atoms with Crippen LogP contribution in [-0.2, 0) is 0 Å². The quantitative estimate of drug-likeness (QED) is 0.441. The number of halogens is 1. The fraction of sp³-hybridized carbons (Fsp3) is 0.0833. The Labute approximate surface area is 182 Å². The summed E-state index contributed by atoms with van der Waals surface area (Å²) >= 11 is 0. The standard InChI is InChI=1S/C24H19FN2O5/c1-30-19-12-6-10-17(21(19)31-2)23(28)27-20-16-9-3-4-11-18(16)32-22(20)24(29)26-15-8-5-7-14(25)13-15/h3-13H,1-2H3,(H,26,29)(H,27,28). The number of hydrogen-bond donors (Lipinski definition) is 2. The Bertz CT molecular complexity index is 1310. The zero-order valence-electron chi connectivity index (χ0n) is 17.3. The molecule has 0 saturated carbocycles. The first-order valence-electron chi connectivity index (χ1n) is 9.62. The number of furan rings is 1. The zero-order chi connectivity index (χ0) is 22.7. The normalized spacial score (nSPS) is 10.6. The number of hydrogen-bond acceptors (Lipinski definition) is 5. The van der Waals surface area contributed by atoms with Gasteiger partial charge in [-0.05, 0) is 42.5 Å². The zero-order valence-corrected chi connectivity index (χ0v) is 17.3. The molecule has 3 aromatic carbocycles. The van der Waals surface area contributed by atoms with Crippen LogP contribution in [0.5, 0.6) is 11.5 Å². The van der Waals surface area contributed by atoms with Gasteiger partial charge in [-0.25, -0.2) is 4.39 Å². The lowest BCUT2D eigenvalue weighted by atomic mass is 10.1. The number of benzene rings is 3. The van der Waals surface area contributed by atoms with Gasteiger partial charge in [-0.3, -0.25) is 9.59 Å². The molecule has 0 aliphatic heterocycles. The predicted molar refractivity (Wildman–Crippen MR) is 118 cm³/mol. The van der Waals surface area contributed by atoms with Crippen LogP contribution in [0.1, 0.15) is 20.9 Å². The van der Waals surface area contributed by atoms with Crippen molar-refractivity contribution in [3.8, 4) is 11.5 Å². The molecule has 0 spiro atoms. The Morgan fingerprint density at radius 1 is 0.875 bits per heavy atom. The summed E-state index contributed by atoms with van der Waals surface area (Å²) in [7, 11) is 2.90. The lowest BCUT2D eigenvalue weighted by Crippen LogP contribution is -2.18. The topological polar surface area (TPSA) is 89.8 Å². The number of fused-ring (bicyclic) bond motifs is 1. The first-order valence-corrected chi connectivity index (χ1v) is 9.62. The van der Waals surface area contributed by atoms with Crippen molar-refractivity contribution in [1.29, 1.82) is 0 Å². The van der Waals surface area contributed by atoms with Crippen LogP contribution in [0.25, 0.3) is 11.0 Å². The number of methoxy groups -OCH3 is 2. The van der Waals surface area contributed by atoms with Gasteiger partial charge in [0, 0.05) is 11.1 Å². The molecule has 4 aromatic rings. The molecule has 0 atom stereocenters. The number of carbonyl (C=O) groups excluding carboxylic acids is 2. The molecule has 0 saturated heterocycles. The van der Waals surface area contributed by atoms with Gasteiger partial charge in [-0.1, -0.05) is 24.3 Å². The highest BCUT2D eigenvalue weighted by Gasteiger charge is 2.25. The van der Waals surface area contributed by atoms with Gasteiger partial charge in [-0.15, -0.1) is 0 Å². The van der Waals surface area contributed by atoms with Crippen molar-refractivity contribution in [2.75, 3.05) is 24.9 Å². The first-order chi connectivity index (χ1) is 15.5. The monoisotopic (exact) mass is 434 g/mol. The summed E-state index contributed by atoms with van der Waals surface area (Å²) in [5.41, 5.74) is 1.06. The molecular weight excluding hydrogens is 415 g/mol. The van der Waals surface area contributed by atoms with E-state index in [2.05, 4.69) is 10.6 Å². The van der Waals surface area contributed by atoms with E-state index >= 15 is 0 Å². The SMILES string of the molecule is COc1cccc(C(=O)Nc2c(C(=O)Nc3cccc(F)c3)oc3ccccc23)c1OC. The number of amides is 2. The third-order valence-corrected chi connectivity index (χ3v) is 4.77. The summed E-state index contributed by atoms with van der Waals surface area (Å²) in [6.07, 6.45) is 0. The molecule has 0 aliphatic rings. The molecule has 4 rings (SSSR count). The lowest BCUT2D eigenvalue weighted by Gasteiger charge is -2.13. The van der Waals surface area contributed by atoms with Gasteiger partial charge >= 0.3 is 0 Å². The molecular formula is C24H19FN2O5. The maximum atomic E-state index is 13.5. The minimum atomic E-state index is -0.639. The van der Waals surface area contributed by atoms with Crippen LogP contribution in [0, 0.1) is 5.82 Å². The summed E-state index contributed by atoms with van der Waals surface area (Å²) in [5.74, 6) is -1.13. The van der Waals surface area contributed by atoms with Gasteiger partial charge in [0.1, 0.15) is 17.1 Å². The Morgan fingerprint density at radius 3 is 2.41 bits per heavy atom. The second kappa shape index (κ2) is 8.81. The molecule has 1 aromatic heterocycles. The van der Waals surface area contributed by atoms with Crippen molar-refractivity contribution in [2.24, 2.45) is 0 Å². The van der Waals surface area contributed by atoms with E-state index in [1.54, 1.807) is 48.5 Å². The number of nitrogens with one attached hydrogen (secondary N) is 2. The van der Waals surface area contributed by atoms with E-state index in [9.17, 15) is 14.0 Å². The van der Waals surface area contributed by atoms with Gasteiger partial charge in [-0.2, -0.15) is 0 Å². The Balaban J connectivity index is 1.73.